The van der Waals surface area contributed by atoms with E-state index in [0.29, 0.717) is 37.0 Å². The lowest BCUT2D eigenvalue weighted by molar-refractivity contribution is -0.121. The summed E-state index contributed by atoms with van der Waals surface area (Å²) in [7, 11) is 0. The van der Waals surface area contributed by atoms with Gasteiger partial charge in [-0.15, -0.1) is 0 Å². The second-order valence-corrected chi connectivity index (χ2v) is 8.25. The highest BCUT2D eigenvalue weighted by atomic mass is 16.5. The van der Waals surface area contributed by atoms with Crippen LogP contribution in [0.3, 0.4) is 0 Å². The molecule has 2 N–H and O–H groups in total. The molecule has 0 saturated carbocycles. The molecule has 1 aromatic carbocycles. The SMILES string of the molecule is CC(C)=CCC(=O)[C@@H](C)CCc1cc(C(=O)O)cc2c1OC(C)(C)[C@H](O)C2. The third kappa shape index (κ3) is 5.19. The first kappa shape index (κ1) is 21.2. The van der Waals surface area contributed by atoms with Crippen LogP contribution in [0.4, 0.5) is 0 Å². The number of fused-ring (bicyclic) bond motifs is 1. The fourth-order valence-corrected chi connectivity index (χ4v) is 3.17. The number of carboxylic acid groups (broad SMARTS) is 1. The van der Waals surface area contributed by atoms with E-state index in [4.69, 9.17) is 4.74 Å². The Morgan fingerprint density at radius 1 is 1.33 bits per heavy atom. The largest absolute Gasteiger partial charge is 0.485 e. The summed E-state index contributed by atoms with van der Waals surface area (Å²) in [6, 6.07) is 3.20. The predicted molar refractivity (Wildman–Crippen MR) is 104 cm³/mol. The standard InChI is InChI=1S/C22H30O5/c1-13(2)6-9-18(23)14(3)7-8-15-10-17(21(25)26)11-16-12-19(24)22(4,5)27-20(15)16/h6,10-11,14,19,24H,7-9,12H2,1-5H3,(H,25,26)/t14-,19+/m0/s1. The summed E-state index contributed by atoms with van der Waals surface area (Å²) in [6.07, 6.45) is 3.18. The number of hydrogen-bond donors (Lipinski definition) is 2. The Bertz CT molecular complexity index is 756. The average Bonchev–Trinajstić information content (AvgIpc) is 2.57. The normalized spacial score (nSPS) is 18.8. The molecule has 2 rings (SSSR count). The summed E-state index contributed by atoms with van der Waals surface area (Å²) in [5.74, 6) is -0.298. The first-order valence-corrected chi connectivity index (χ1v) is 9.43. The molecule has 0 unspecified atom stereocenters. The maximum absolute atomic E-state index is 12.3. The summed E-state index contributed by atoms with van der Waals surface area (Å²) in [4.78, 5) is 23.8. The van der Waals surface area contributed by atoms with Crippen molar-refractivity contribution in [3.8, 4) is 5.75 Å². The Balaban J connectivity index is 2.24. The number of carboxylic acids is 1. The molecule has 0 fully saturated rings. The van der Waals surface area contributed by atoms with Gasteiger partial charge in [0.25, 0.3) is 0 Å². The molecule has 2 atom stereocenters. The second-order valence-electron chi connectivity index (χ2n) is 8.25. The van der Waals surface area contributed by atoms with Gasteiger partial charge in [-0.25, -0.2) is 4.79 Å². The van der Waals surface area contributed by atoms with Crippen LogP contribution >= 0.6 is 0 Å². The fourth-order valence-electron chi connectivity index (χ4n) is 3.17. The molecule has 1 aromatic rings. The maximum Gasteiger partial charge on any atom is 0.335 e. The number of hydrogen-bond acceptors (Lipinski definition) is 4. The summed E-state index contributed by atoms with van der Waals surface area (Å²) in [5.41, 5.74) is 2.06. The van der Waals surface area contributed by atoms with Gasteiger partial charge >= 0.3 is 5.97 Å². The van der Waals surface area contributed by atoms with Crippen LogP contribution in [-0.2, 0) is 17.6 Å². The monoisotopic (exact) mass is 374 g/mol. The molecular weight excluding hydrogens is 344 g/mol. The lowest BCUT2D eigenvalue weighted by atomic mass is 9.87. The van der Waals surface area contributed by atoms with Gasteiger partial charge in [0.1, 0.15) is 17.1 Å². The predicted octanol–water partition coefficient (Wildman–Crippen LogP) is 3.95. The van der Waals surface area contributed by atoms with Gasteiger partial charge in [-0.05, 0) is 63.8 Å². The van der Waals surface area contributed by atoms with Crippen LogP contribution in [0.1, 0.15) is 68.9 Å². The number of ether oxygens (including phenoxy) is 1. The van der Waals surface area contributed by atoms with E-state index in [9.17, 15) is 19.8 Å². The molecule has 1 aliphatic rings. The van der Waals surface area contributed by atoms with Crippen molar-refractivity contribution >= 4 is 11.8 Å². The van der Waals surface area contributed by atoms with Crippen molar-refractivity contribution in [2.24, 2.45) is 5.92 Å². The van der Waals surface area contributed by atoms with Crippen molar-refractivity contribution in [1.29, 1.82) is 0 Å². The molecule has 5 nitrogen and oxygen atoms in total. The highest BCUT2D eigenvalue weighted by Crippen LogP contribution is 2.38. The van der Waals surface area contributed by atoms with Crippen molar-refractivity contribution < 1.29 is 24.5 Å². The Hall–Kier alpha value is -2.14. The number of ketones is 1. The van der Waals surface area contributed by atoms with E-state index in [1.165, 1.54) is 0 Å². The zero-order chi connectivity index (χ0) is 20.4. The smallest absolute Gasteiger partial charge is 0.335 e. The number of aromatic carboxylic acids is 1. The Kier molecular flexibility index (Phi) is 6.47. The topological polar surface area (TPSA) is 83.8 Å². The summed E-state index contributed by atoms with van der Waals surface area (Å²) in [5, 5.41) is 19.7. The van der Waals surface area contributed by atoms with Crippen molar-refractivity contribution in [3.63, 3.8) is 0 Å². The van der Waals surface area contributed by atoms with Gasteiger partial charge in [-0.3, -0.25) is 4.79 Å². The van der Waals surface area contributed by atoms with Gasteiger partial charge in [0.15, 0.2) is 0 Å². The number of aryl methyl sites for hydroxylation is 1. The number of aliphatic hydroxyl groups is 1. The number of aliphatic hydroxyl groups excluding tert-OH is 1. The molecule has 148 valence electrons. The molecular formula is C22H30O5. The first-order valence-electron chi connectivity index (χ1n) is 9.43. The molecule has 1 heterocycles. The summed E-state index contributed by atoms with van der Waals surface area (Å²) in [6.45, 7) is 9.48. The van der Waals surface area contributed by atoms with Gasteiger partial charge < -0.3 is 14.9 Å². The van der Waals surface area contributed by atoms with Crippen LogP contribution in [0.25, 0.3) is 0 Å². The fraction of sp³-hybridized carbons (Fsp3) is 0.545. The van der Waals surface area contributed by atoms with Gasteiger partial charge in [-0.2, -0.15) is 0 Å². The number of Topliss-reactive ketones (excluding diaryl/α,β-unsaturated/α-hetero) is 1. The quantitative estimate of drug-likeness (QED) is 0.706. The minimum absolute atomic E-state index is 0.119. The third-order valence-electron chi connectivity index (χ3n) is 5.18. The van der Waals surface area contributed by atoms with Gasteiger partial charge in [-0.1, -0.05) is 18.6 Å². The Morgan fingerprint density at radius 3 is 2.59 bits per heavy atom. The molecule has 0 aliphatic carbocycles. The second kappa shape index (κ2) is 8.26. The number of rotatable bonds is 7. The van der Waals surface area contributed by atoms with E-state index in [1.54, 1.807) is 12.1 Å². The highest BCUT2D eigenvalue weighted by Gasteiger charge is 2.37. The molecule has 0 amide bonds. The average molecular weight is 374 g/mol. The van der Waals surface area contributed by atoms with E-state index in [0.717, 1.165) is 11.1 Å². The molecule has 1 aliphatic heterocycles. The Labute approximate surface area is 161 Å². The molecule has 0 spiro atoms. The summed E-state index contributed by atoms with van der Waals surface area (Å²) >= 11 is 0. The lowest BCUT2D eigenvalue weighted by Gasteiger charge is -2.38. The number of carbonyl (C=O) groups is 2. The molecule has 0 aromatic heterocycles. The van der Waals surface area contributed by atoms with Crippen LogP contribution < -0.4 is 4.74 Å². The maximum atomic E-state index is 12.3. The van der Waals surface area contributed by atoms with Crippen molar-refractivity contribution in [3.05, 3.63) is 40.5 Å². The van der Waals surface area contributed by atoms with Crippen molar-refractivity contribution in [1.82, 2.24) is 0 Å². The zero-order valence-electron chi connectivity index (χ0n) is 16.8. The molecule has 0 radical (unpaired) electrons. The minimum Gasteiger partial charge on any atom is -0.485 e. The van der Waals surface area contributed by atoms with E-state index >= 15 is 0 Å². The van der Waals surface area contributed by atoms with Gasteiger partial charge in [0.2, 0.25) is 0 Å². The molecule has 27 heavy (non-hydrogen) atoms. The Morgan fingerprint density at radius 2 is 2.00 bits per heavy atom. The van der Waals surface area contributed by atoms with Gasteiger partial charge in [0, 0.05) is 18.8 Å². The highest BCUT2D eigenvalue weighted by molar-refractivity contribution is 5.88. The van der Waals surface area contributed by atoms with Crippen LogP contribution in [0.15, 0.2) is 23.8 Å². The van der Waals surface area contributed by atoms with E-state index in [1.807, 2.05) is 40.7 Å². The lowest BCUT2D eigenvalue weighted by Crippen LogP contribution is -2.46. The molecule has 5 heteroatoms. The van der Waals surface area contributed by atoms with Crippen LogP contribution in [-0.4, -0.2) is 33.7 Å². The van der Waals surface area contributed by atoms with Gasteiger partial charge in [0.05, 0.1) is 11.7 Å². The number of benzene rings is 1. The minimum atomic E-state index is -1.01. The zero-order valence-corrected chi connectivity index (χ0v) is 16.8. The van der Waals surface area contributed by atoms with E-state index < -0.39 is 17.7 Å². The van der Waals surface area contributed by atoms with Crippen LogP contribution in [0.5, 0.6) is 5.75 Å². The van der Waals surface area contributed by atoms with Crippen molar-refractivity contribution in [2.75, 3.05) is 0 Å². The molecule has 0 bridgehead atoms. The summed E-state index contributed by atoms with van der Waals surface area (Å²) < 4.78 is 6.03. The number of allylic oxidation sites excluding steroid dienone is 2. The first-order chi connectivity index (χ1) is 12.5. The van der Waals surface area contributed by atoms with Crippen LogP contribution in [0, 0.1) is 5.92 Å². The van der Waals surface area contributed by atoms with E-state index in [-0.39, 0.29) is 17.3 Å². The van der Waals surface area contributed by atoms with E-state index in [2.05, 4.69) is 0 Å². The molecule has 0 saturated heterocycles. The third-order valence-corrected chi connectivity index (χ3v) is 5.18. The van der Waals surface area contributed by atoms with Crippen LogP contribution in [0.2, 0.25) is 0 Å². The number of carbonyl (C=O) groups excluding carboxylic acids is 1. The van der Waals surface area contributed by atoms with Crippen molar-refractivity contribution in [2.45, 2.75) is 72.0 Å².